The van der Waals surface area contributed by atoms with Crippen LogP contribution in [0.15, 0.2) is 78.9 Å². The molecule has 0 atom stereocenters. The number of hydrogen-bond donors (Lipinski definition) is 0. The van der Waals surface area contributed by atoms with E-state index in [4.69, 9.17) is 0 Å². The highest BCUT2D eigenvalue weighted by molar-refractivity contribution is 6.00. The summed E-state index contributed by atoms with van der Waals surface area (Å²) in [6, 6.07) is 26.0. The molecule has 2 heteroatoms. The van der Waals surface area contributed by atoms with Gasteiger partial charge in [0.05, 0.1) is 6.54 Å². The van der Waals surface area contributed by atoms with Crippen LogP contribution >= 0.6 is 0 Å². The Labute approximate surface area is 143 Å². The fourth-order valence-electron chi connectivity index (χ4n) is 2.64. The summed E-state index contributed by atoms with van der Waals surface area (Å²) in [4.78, 5) is 14.8. The van der Waals surface area contributed by atoms with Gasteiger partial charge in [-0.1, -0.05) is 65.7 Å². The molecule has 0 bridgehead atoms. The van der Waals surface area contributed by atoms with Crippen LogP contribution in [0.3, 0.4) is 0 Å². The zero-order valence-corrected chi connectivity index (χ0v) is 14.1. The fourth-order valence-corrected chi connectivity index (χ4v) is 2.64. The van der Waals surface area contributed by atoms with Crippen LogP contribution in [0, 0.1) is 13.8 Å². The van der Waals surface area contributed by atoms with E-state index in [-0.39, 0.29) is 5.78 Å². The van der Waals surface area contributed by atoms with E-state index in [1.807, 2.05) is 30.3 Å². The second-order valence-corrected chi connectivity index (χ2v) is 6.05. The van der Waals surface area contributed by atoms with Gasteiger partial charge in [0.1, 0.15) is 0 Å². The molecule has 0 aliphatic heterocycles. The topological polar surface area (TPSA) is 20.3 Å². The van der Waals surface area contributed by atoms with Crippen molar-refractivity contribution in [2.75, 3.05) is 11.4 Å². The van der Waals surface area contributed by atoms with Crippen molar-refractivity contribution in [2.24, 2.45) is 0 Å². The van der Waals surface area contributed by atoms with E-state index < -0.39 is 0 Å². The lowest BCUT2D eigenvalue weighted by Crippen LogP contribution is -2.25. The number of nitrogens with zero attached hydrogens (tertiary/aromatic N) is 1. The van der Waals surface area contributed by atoms with Gasteiger partial charge in [-0.25, -0.2) is 0 Å². The van der Waals surface area contributed by atoms with Crippen LogP contribution in [-0.2, 0) is 0 Å². The van der Waals surface area contributed by atoms with Crippen LogP contribution in [0.25, 0.3) is 0 Å². The van der Waals surface area contributed by atoms with E-state index >= 15 is 0 Å². The Hall–Kier alpha value is -2.87. The molecule has 0 radical (unpaired) electrons. The minimum atomic E-state index is 0.108. The summed E-state index contributed by atoms with van der Waals surface area (Å²) >= 11 is 0. The molecule has 0 saturated heterocycles. The maximum absolute atomic E-state index is 12.7. The van der Waals surface area contributed by atoms with Gasteiger partial charge >= 0.3 is 0 Å². The number of aryl methyl sites for hydroxylation is 2. The molecule has 0 aromatic heterocycles. The SMILES string of the molecule is Cc1ccc(N(CC(=O)c2ccccc2)c2ccc(C)cc2)cc1. The van der Waals surface area contributed by atoms with Gasteiger partial charge in [-0.15, -0.1) is 0 Å². The highest BCUT2D eigenvalue weighted by Gasteiger charge is 2.15. The van der Waals surface area contributed by atoms with Crippen molar-refractivity contribution in [1.29, 1.82) is 0 Å². The summed E-state index contributed by atoms with van der Waals surface area (Å²) in [5, 5.41) is 0. The van der Waals surface area contributed by atoms with Gasteiger partial charge in [-0.2, -0.15) is 0 Å². The third-order valence-electron chi connectivity index (χ3n) is 4.09. The lowest BCUT2D eigenvalue weighted by atomic mass is 10.1. The van der Waals surface area contributed by atoms with Crippen molar-refractivity contribution in [2.45, 2.75) is 13.8 Å². The molecule has 0 spiro atoms. The molecular weight excluding hydrogens is 294 g/mol. The largest absolute Gasteiger partial charge is 0.334 e. The van der Waals surface area contributed by atoms with Crippen molar-refractivity contribution < 1.29 is 4.79 Å². The molecule has 0 saturated carbocycles. The summed E-state index contributed by atoms with van der Waals surface area (Å²) in [6.07, 6.45) is 0. The number of carbonyl (C=O) groups excluding carboxylic acids is 1. The highest BCUT2D eigenvalue weighted by Crippen LogP contribution is 2.26. The molecule has 3 aromatic rings. The summed E-state index contributed by atoms with van der Waals surface area (Å²) in [5.41, 5.74) is 5.19. The summed E-state index contributed by atoms with van der Waals surface area (Å²) < 4.78 is 0. The zero-order chi connectivity index (χ0) is 16.9. The van der Waals surface area contributed by atoms with E-state index in [2.05, 4.69) is 67.3 Å². The predicted octanol–water partition coefficient (Wildman–Crippen LogP) is 5.32. The quantitative estimate of drug-likeness (QED) is 0.594. The molecule has 0 fully saturated rings. The average molecular weight is 315 g/mol. The van der Waals surface area contributed by atoms with Crippen LogP contribution in [0.5, 0.6) is 0 Å². The van der Waals surface area contributed by atoms with Crippen molar-refractivity contribution in [3.05, 3.63) is 95.6 Å². The van der Waals surface area contributed by atoms with E-state index in [0.717, 1.165) is 16.9 Å². The first-order valence-electron chi connectivity index (χ1n) is 8.12. The van der Waals surface area contributed by atoms with Gasteiger partial charge in [-0.3, -0.25) is 4.79 Å². The molecule has 0 amide bonds. The first-order chi connectivity index (χ1) is 11.6. The predicted molar refractivity (Wildman–Crippen MR) is 100 cm³/mol. The Morgan fingerprint density at radius 3 is 1.62 bits per heavy atom. The molecule has 0 aliphatic rings. The van der Waals surface area contributed by atoms with Gasteiger partial charge in [0.25, 0.3) is 0 Å². The molecule has 120 valence electrons. The average Bonchev–Trinajstić information content (AvgIpc) is 2.62. The fraction of sp³-hybridized carbons (Fsp3) is 0.136. The smallest absolute Gasteiger partial charge is 0.182 e. The van der Waals surface area contributed by atoms with E-state index in [0.29, 0.717) is 6.54 Å². The summed E-state index contributed by atoms with van der Waals surface area (Å²) in [5.74, 6) is 0.108. The molecule has 0 unspecified atom stereocenters. The Bertz CT molecular complexity index is 759. The van der Waals surface area contributed by atoms with Crippen LogP contribution in [0.2, 0.25) is 0 Å². The number of ketones is 1. The Morgan fingerprint density at radius 1 is 0.708 bits per heavy atom. The second-order valence-electron chi connectivity index (χ2n) is 6.05. The maximum Gasteiger partial charge on any atom is 0.182 e. The zero-order valence-electron chi connectivity index (χ0n) is 14.1. The molecule has 3 aromatic carbocycles. The van der Waals surface area contributed by atoms with Crippen molar-refractivity contribution >= 4 is 17.2 Å². The summed E-state index contributed by atoms with van der Waals surface area (Å²) in [7, 11) is 0. The minimum absolute atomic E-state index is 0.108. The number of benzene rings is 3. The first kappa shape index (κ1) is 16.0. The van der Waals surface area contributed by atoms with Gasteiger partial charge in [0.2, 0.25) is 0 Å². The molecule has 3 rings (SSSR count). The van der Waals surface area contributed by atoms with Crippen LogP contribution in [0.4, 0.5) is 11.4 Å². The maximum atomic E-state index is 12.7. The lowest BCUT2D eigenvalue weighted by Gasteiger charge is -2.25. The van der Waals surface area contributed by atoms with Gasteiger partial charge in [-0.05, 0) is 38.1 Å². The van der Waals surface area contributed by atoms with Crippen LogP contribution in [0.1, 0.15) is 21.5 Å². The van der Waals surface area contributed by atoms with E-state index in [1.165, 1.54) is 11.1 Å². The minimum Gasteiger partial charge on any atom is -0.334 e. The highest BCUT2D eigenvalue weighted by atomic mass is 16.1. The molecule has 0 aliphatic carbocycles. The monoisotopic (exact) mass is 315 g/mol. The van der Waals surface area contributed by atoms with Crippen molar-refractivity contribution in [1.82, 2.24) is 0 Å². The van der Waals surface area contributed by atoms with E-state index in [1.54, 1.807) is 0 Å². The number of anilines is 2. The lowest BCUT2D eigenvalue weighted by molar-refractivity contribution is 0.100. The standard InChI is InChI=1S/C22H21NO/c1-17-8-12-20(13-9-17)23(21-14-10-18(2)11-15-21)16-22(24)19-6-4-3-5-7-19/h3-15H,16H2,1-2H3. The second kappa shape index (κ2) is 7.14. The third-order valence-corrected chi connectivity index (χ3v) is 4.09. The Morgan fingerprint density at radius 2 is 1.17 bits per heavy atom. The molecule has 2 nitrogen and oxygen atoms in total. The molecular formula is C22H21NO. The number of hydrogen-bond acceptors (Lipinski definition) is 2. The molecule has 0 heterocycles. The van der Waals surface area contributed by atoms with Crippen molar-refractivity contribution in [3.8, 4) is 0 Å². The summed E-state index contributed by atoms with van der Waals surface area (Å²) in [6.45, 7) is 4.44. The molecule has 24 heavy (non-hydrogen) atoms. The van der Waals surface area contributed by atoms with Gasteiger partial charge < -0.3 is 4.90 Å². The number of Topliss-reactive ketones (excluding diaryl/α,β-unsaturated/α-hetero) is 1. The number of rotatable bonds is 5. The Kier molecular flexibility index (Phi) is 4.76. The molecule has 0 N–H and O–H groups in total. The van der Waals surface area contributed by atoms with Gasteiger partial charge in [0, 0.05) is 16.9 Å². The van der Waals surface area contributed by atoms with Gasteiger partial charge in [0.15, 0.2) is 5.78 Å². The third kappa shape index (κ3) is 3.72. The van der Waals surface area contributed by atoms with E-state index in [9.17, 15) is 4.79 Å². The Balaban J connectivity index is 1.94. The first-order valence-corrected chi connectivity index (χ1v) is 8.12. The van der Waals surface area contributed by atoms with Crippen LogP contribution < -0.4 is 4.90 Å². The van der Waals surface area contributed by atoms with Crippen LogP contribution in [-0.4, -0.2) is 12.3 Å². The normalized spacial score (nSPS) is 10.4. The number of carbonyl (C=O) groups is 1. The van der Waals surface area contributed by atoms with Crippen molar-refractivity contribution in [3.63, 3.8) is 0 Å².